The minimum atomic E-state index is -2.97. The fourth-order valence-electron chi connectivity index (χ4n) is 4.04. The monoisotopic (exact) mass is 468 g/mol. The van der Waals surface area contributed by atoms with Gasteiger partial charge in [-0.15, -0.1) is 0 Å². The van der Waals surface area contributed by atoms with Crippen molar-refractivity contribution in [1.82, 2.24) is 14.5 Å². The van der Waals surface area contributed by atoms with Crippen LogP contribution in [0.2, 0.25) is 0 Å². The first-order valence-corrected chi connectivity index (χ1v) is 10.2. The first-order chi connectivity index (χ1) is 15.5. The Balaban J connectivity index is 1.81. The number of alkyl halides is 4. The summed E-state index contributed by atoms with van der Waals surface area (Å²) < 4.78 is 74.2. The Bertz CT molecular complexity index is 1270. The number of halogens is 5. The largest absolute Gasteiger partial charge is 0.490 e. The van der Waals surface area contributed by atoms with Crippen molar-refractivity contribution >= 4 is 16.7 Å². The minimum absolute atomic E-state index is 0.00358. The van der Waals surface area contributed by atoms with Crippen LogP contribution < -0.4 is 15.6 Å². The van der Waals surface area contributed by atoms with E-state index < -0.39 is 54.2 Å². The van der Waals surface area contributed by atoms with Crippen molar-refractivity contribution in [3.63, 3.8) is 0 Å². The molecule has 11 heteroatoms. The van der Waals surface area contributed by atoms with Crippen LogP contribution in [0.25, 0.3) is 10.9 Å². The van der Waals surface area contributed by atoms with Crippen LogP contribution in [0.3, 0.4) is 0 Å². The number of fused-ring (bicyclic) bond motifs is 1. The Morgan fingerprint density at radius 2 is 1.88 bits per heavy atom. The zero-order valence-electron chi connectivity index (χ0n) is 18.0. The second-order valence-corrected chi connectivity index (χ2v) is 8.09. The highest BCUT2D eigenvalue weighted by atomic mass is 19.3. The number of nitrogens with zero attached hydrogens (tertiary/aromatic N) is 3. The number of methoxy groups -OCH3 is 1. The van der Waals surface area contributed by atoms with Gasteiger partial charge in [0.15, 0.2) is 0 Å². The summed E-state index contributed by atoms with van der Waals surface area (Å²) in [6.45, 7) is 3.14. The molecule has 0 amide bonds. The van der Waals surface area contributed by atoms with E-state index in [1.165, 1.54) is 30.0 Å². The average molecular weight is 468 g/mol. The smallest absolute Gasteiger partial charge is 0.295 e. The van der Waals surface area contributed by atoms with Gasteiger partial charge < -0.3 is 14.6 Å². The van der Waals surface area contributed by atoms with Crippen LogP contribution in [-0.4, -0.2) is 27.6 Å². The second-order valence-electron chi connectivity index (χ2n) is 8.09. The van der Waals surface area contributed by atoms with E-state index in [2.05, 4.69) is 15.3 Å². The molecule has 1 fully saturated rings. The van der Waals surface area contributed by atoms with Crippen LogP contribution in [0.5, 0.6) is 5.75 Å². The summed E-state index contributed by atoms with van der Waals surface area (Å²) in [5.74, 6) is -3.56. The summed E-state index contributed by atoms with van der Waals surface area (Å²) in [6, 6.07) is 2.21. The zero-order chi connectivity index (χ0) is 24.1. The molecule has 33 heavy (non-hydrogen) atoms. The van der Waals surface area contributed by atoms with Gasteiger partial charge in [-0.05, 0) is 13.8 Å². The van der Waals surface area contributed by atoms with Crippen molar-refractivity contribution in [2.75, 3.05) is 12.4 Å². The van der Waals surface area contributed by atoms with Gasteiger partial charge in [0.2, 0.25) is 5.75 Å². The van der Waals surface area contributed by atoms with E-state index in [4.69, 9.17) is 4.74 Å². The molecule has 1 aliphatic carbocycles. The standard InChI is InChI=1S/C22H21F5N4O2/c1-10(13-5-4-6-14(16(13)23)19(24)25)28-20-15-9-31(12-7-22(26,27)8-12)21(32)18(33-3)17(15)29-11(2)30-20/h4-6,9-10,12,19H,7-8H2,1-3H3,(H,28,29,30)/t10-/m1/s1. The van der Waals surface area contributed by atoms with Crippen LogP contribution in [0.15, 0.2) is 29.2 Å². The predicted octanol–water partition coefficient (Wildman–Crippen LogP) is 5.33. The minimum Gasteiger partial charge on any atom is -0.490 e. The van der Waals surface area contributed by atoms with Gasteiger partial charge in [0, 0.05) is 30.6 Å². The maximum atomic E-state index is 14.6. The number of nitrogens with one attached hydrogen (secondary N) is 1. The van der Waals surface area contributed by atoms with Crippen molar-refractivity contribution in [2.24, 2.45) is 0 Å². The number of anilines is 1. The first-order valence-electron chi connectivity index (χ1n) is 10.2. The van der Waals surface area contributed by atoms with Gasteiger partial charge in [-0.3, -0.25) is 4.79 Å². The van der Waals surface area contributed by atoms with Crippen LogP contribution >= 0.6 is 0 Å². The molecule has 3 aromatic rings. The van der Waals surface area contributed by atoms with Crippen molar-refractivity contribution in [2.45, 2.75) is 51.1 Å². The van der Waals surface area contributed by atoms with Crippen LogP contribution in [-0.2, 0) is 0 Å². The molecule has 1 aliphatic rings. The molecule has 0 spiro atoms. The fraction of sp³-hybridized carbons (Fsp3) is 0.409. The second kappa shape index (κ2) is 8.27. The fourth-order valence-corrected chi connectivity index (χ4v) is 4.04. The molecule has 1 aromatic carbocycles. The lowest BCUT2D eigenvalue weighted by Gasteiger charge is -2.36. The van der Waals surface area contributed by atoms with Crippen molar-refractivity contribution in [3.05, 3.63) is 57.5 Å². The highest BCUT2D eigenvalue weighted by molar-refractivity contribution is 5.92. The van der Waals surface area contributed by atoms with E-state index in [0.29, 0.717) is 5.39 Å². The summed E-state index contributed by atoms with van der Waals surface area (Å²) in [4.78, 5) is 21.4. The normalized spacial score (nSPS) is 16.6. The first kappa shape index (κ1) is 22.9. The Kier molecular flexibility index (Phi) is 5.75. The van der Waals surface area contributed by atoms with Crippen LogP contribution in [0.4, 0.5) is 27.8 Å². The Morgan fingerprint density at radius 1 is 1.21 bits per heavy atom. The summed E-state index contributed by atoms with van der Waals surface area (Å²) in [5.41, 5.74) is -1.16. The van der Waals surface area contributed by atoms with Crippen molar-refractivity contribution < 1.29 is 26.7 Å². The van der Waals surface area contributed by atoms with Gasteiger partial charge >= 0.3 is 0 Å². The molecule has 1 N–H and O–H groups in total. The lowest BCUT2D eigenvalue weighted by Crippen LogP contribution is -2.41. The molecule has 2 heterocycles. The number of hydrogen-bond donors (Lipinski definition) is 1. The molecule has 1 atom stereocenters. The molecular weight excluding hydrogens is 447 g/mol. The van der Waals surface area contributed by atoms with E-state index in [9.17, 15) is 26.7 Å². The number of benzene rings is 1. The number of ether oxygens (including phenoxy) is 1. The van der Waals surface area contributed by atoms with E-state index in [1.54, 1.807) is 13.8 Å². The molecule has 0 unspecified atom stereocenters. The molecule has 0 radical (unpaired) electrons. The maximum Gasteiger partial charge on any atom is 0.295 e. The molecule has 1 saturated carbocycles. The van der Waals surface area contributed by atoms with Crippen LogP contribution in [0, 0.1) is 12.7 Å². The Hall–Kier alpha value is -3.24. The molecule has 0 saturated heterocycles. The highest BCUT2D eigenvalue weighted by Crippen LogP contribution is 2.45. The summed E-state index contributed by atoms with van der Waals surface area (Å²) in [7, 11) is 1.27. The third-order valence-corrected chi connectivity index (χ3v) is 5.75. The summed E-state index contributed by atoms with van der Waals surface area (Å²) >= 11 is 0. The summed E-state index contributed by atoms with van der Waals surface area (Å²) in [6.07, 6.45) is -2.57. The zero-order valence-corrected chi connectivity index (χ0v) is 18.0. The molecule has 176 valence electrons. The Labute approximate surface area is 185 Å². The highest BCUT2D eigenvalue weighted by Gasteiger charge is 2.47. The molecule has 6 nitrogen and oxygen atoms in total. The number of aryl methyl sites for hydroxylation is 1. The van der Waals surface area contributed by atoms with E-state index >= 15 is 0 Å². The maximum absolute atomic E-state index is 14.6. The molecule has 0 aliphatic heterocycles. The van der Waals surface area contributed by atoms with E-state index in [0.717, 1.165) is 6.07 Å². The summed E-state index contributed by atoms with van der Waals surface area (Å²) in [5, 5.41) is 3.28. The molecular formula is C22H21F5N4O2. The van der Waals surface area contributed by atoms with Crippen molar-refractivity contribution in [3.8, 4) is 5.75 Å². The molecule has 0 bridgehead atoms. The van der Waals surface area contributed by atoms with Gasteiger partial charge in [-0.2, -0.15) is 0 Å². The number of pyridine rings is 1. The lowest BCUT2D eigenvalue weighted by atomic mass is 9.88. The van der Waals surface area contributed by atoms with E-state index in [-0.39, 0.29) is 28.5 Å². The topological polar surface area (TPSA) is 69.0 Å². The van der Waals surface area contributed by atoms with Gasteiger partial charge in [0.1, 0.15) is 23.0 Å². The average Bonchev–Trinajstić information content (AvgIpc) is 2.71. The third kappa shape index (κ3) is 4.11. The van der Waals surface area contributed by atoms with Gasteiger partial charge in [-0.1, -0.05) is 18.2 Å². The third-order valence-electron chi connectivity index (χ3n) is 5.75. The van der Waals surface area contributed by atoms with Crippen molar-refractivity contribution in [1.29, 1.82) is 0 Å². The number of aromatic nitrogens is 3. The van der Waals surface area contributed by atoms with Gasteiger partial charge in [-0.25, -0.2) is 31.9 Å². The SMILES string of the molecule is COc1c(=O)n(C2CC(F)(F)C2)cc2c(N[C@H](C)c3cccc(C(F)F)c3F)nc(C)nc12. The molecule has 4 rings (SSSR count). The number of hydrogen-bond acceptors (Lipinski definition) is 5. The van der Waals surface area contributed by atoms with E-state index in [1.807, 2.05) is 0 Å². The van der Waals surface area contributed by atoms with Gasteiger partial charge in [0.25, 0.3) is 17.9 Å². The lowest BCUT2D eigenvalue weighted by molar-refractivity contribution is -0.104. The van der Waals surface area contributed by atoms with Crippen LogP contribution in [0.1, 0.15) is 55.2 Å². The quantitative estimate of drug-likeness (QED) is 0.496. The molecule has 2 aromatic heterocycles. The predicted molar refractivity (Wildman–Crippen MR) is 112 cm³/mol. The Morgan fingerprint density at radius 3 is 2.48 bits per heavy atom. The number of rotatable bonds is 6. The van der Waals surface area contributed by atoms with Gasteiger partial charge in [0.05, 0.1) is 24.1 Å².